The summed E-state index contributed by atoms with van der Waals surface area (Å²) < 4.78 is 8.04. The molecule has 132 valence electrons. The fourth-order valence-electron chi connectivity index (χ4n) is 3.39. The first kappa shape index (κ1) is 16.1. The maximum atomic E-state index is 12.1. The van der Waals surface area contributed by atoms with Gasteiger partial charge in [0.25, 0.3) is 0 Å². The summed E-state index contributed by atoms with van der Waals surface area (Å²) in [6.07, 6.45) is 7.47. The lowest BCUT2D eigenvalue weighted by Crippen LogP contribution is -2.36. The highest BCUT2D eigenvalue weighted by Gasteiger charge is 2.30. The molecule has 1 aliphatic heterocycles. The zero-order chi connectivity index (χ0) is 17.2. The molecule has 1 fully saturated rings. The van der Waals surface area contributed by atoms with E-state index in [1.165, 1.54) is 24.1 Å². The summed E-state index contributed by atoms with van der Waals surface area (Å²) in [7, 11) is 0. The Hall–Kier alpha value is -2.37. The zero-order valence-electron chi connectivity index (χ0n) is 14.6. The Labute approximate surface area is 147 Å². The molecule has 2 aromatic heterocycles. The molecular weight excluding hydrogens is 316 g/mol. The number of pyridine rings is 1. The van der Waals surface area contributed by atoms with Crippen molar-refractivity contribution in [3.8, 4) is 5.75 Å². The molecule has 1 saturated carbocycles. The Morgan fingerprint density at radius 3 is 3.00 bits per heavy atom. The minimum absolute atomic E-state index is 0.208. The van der Waals surface area contributed by atoms with Gasteiger partial charge in [0.15, 0.2) is 0 Å². The number of rotatable bonds is 6. The quantitative estimate of drug-likeness (QED) is 0.811. The third-order valence-electron chi connectivity index (χ3n) is 5.01. The van der Waals surface area contributed by atoms with E-state index in [2.05, 4.69) is 9.67 Å². The Bertz CT molecular complexity index is 752. The van der Waals surface area contributed by atoms with E-state index in [1.807, 2.05) is 24.0 Å². The second kappa shape index (κ2) is 6.86. The van der Waals surface area contributed by atoms with Crippen LogP contribution in [0.25, 0.3) is 0 Å². The van der Waals surface area contributed by atoms with Crippen molar-refractivity contribution < 1.29 is 9.53 Å². The number of carbonyl (C=O) groups is 1. The van der Waals surface area contributed by atoms with Gasteiger partial charge >= 0.3 is 0 Å². The van der Waals surface area contributed by atoms with E-state index in [4.69, 9.17) is 9.84 Å². The van der Waals surface area contributed by atoms with Gasteiger partial charge in [-0.05, 0) is 30.9 Å². The monoisotopic (exact) mass is 340 g/mol. The molecule has 6 nitrogen and oxygen atoms in total. The molecule has 2 aromatic rings. The summed E-state index contributed by atoms with van der Waals surface area (Å²) in [6, 6.07) is 3.76. The van der Waals surface area contributed by atoms with Gasteiger partial charge in [0, 0.05) is 49.9 Å². The van der Waals surface area contributed by atoms with Crippen molar-refractivity contribution in [1.82, 2.24) is 19.7 Å². The molecule has 1 amide bonds. The molecule has 4 rings (SSSR count). The van der Waals surface area contributed by atoms with Gasteiger partial charge in [0.2, 0.25) is 5.91 Å². The average Bonchev–Trinajstić information content (AvgIpc) is 3.41. The van der Waals surface area contributed by atoms with Gasteiger partial charge in [-0.1, -0.05) is 6.92 Å². The Morgan fingerprint density at radius 2 is 2.28 bits per heavy atom. The SMILES string of the molecule is CCC(=O)N1CCc2c(c(COc3cccnc3)nn2CC2CC2)C1. The standard InChI is InChI=1S/C19H24N4O2/c1-2-19(24)22-9-7-18-16(12-22)17(21-23(18)11-14-5-6-14)13-25-15-4-3-8-20-10-15/h3-4,8,10,14H,2,5-7,9,11-13H2,1H3. The van der Waals surface area contributed by atoms with Crippen LogP contribution < -0.4 is 4.74 Å². The number of hydrogen-bond donors (Lipinski definition) is 0. The zero-order valence-corrected chi connectivity index (χ0v) is 14.6. The Kier molecular flexibility index (Phi) is 4.42. The number of nitrogens with zero attached hydrogens (tertiary/aromatic N) is 4. The average molecular weight is 340 g/mol. The van der Waals surface area contributed by atoms with E-state index in [9.17, 15) is 4.79 Å². The second-order valence-corrected chi connectivity index (χ2v) is 6.89. The van der Waals surface area contributed by atoms with E-state index in [0.717, 1.165) is 36.9 Å². The van der Waals surface area contributed by atoms with E-state index < -0.39 is 0 Å². The predicted molar refractivity (Wildman–Crippen MR) is 92.9 cm³/mol. The van der Waals surface area contributed by atoms with Crippen molar-refractivity contribution in [1.29, 1.82) is 0 Å². The second-order valence-electron chi connectivity index (χ2n) is 6.89. The third-order valence-corrected chi connectivity index (χ3v) is 5.01. The fourth-order valence-corrected chi connectivity index (χ4v) is 3.39. The molecule has 2 aliphatic rings. The van der Waals surface area contributed by atoms with Gasteiger partial charge in [-0.25, -0.2) is 0 Å². The number of ether oxygens (including phenoxy) is 1. The van der Waals surface area contributed by atoms with Crippen LogP contribution in [0.3, 0.4) is 0 Å². The Morgan fingerprint density at radius 1 is 1.40 bits per heavy atom. The summed E-state index contributed by atoms with van der Waals surface area (Å²) in [5.41, 5.74) is 3.42. The molecule has 25 heavy (non-hydrogen) atoms. The lowest BCUT2D eigenvalue weighted by Gasteiger charge is -2.27. The minimum Gasteiger partial charge on any atom is -0.486 e. The number of fused-ring (bicyclic) bond motifs is 1. The van der Waals surface area contributed by atoms with E-state index in [0.29, 0.717) is 19.6 Å². The largest absolute Gasteiger partial charge is 0.486 e. The van der Waals surface area contributed by atoms with Crippen molar-refractivity contribution in [3.63, 3.8) is 0 Å². The van der Waals surface area contributed by atoms with Gasteiger partial charge < -0.3 is 9.64 Å². The molecule has 0 N–H and O–H groups in total. The highest BCUT2D eigenvalue weighted by Crippen LogP contribution is 2.33. The van der Waals surface area contributed by atoms with Crippen molar-refractivity contribution in [2.75, 3.05) is 6.54 Å². The van der Waals surface area contributed by atoms with Gasteiger partial charge in [-0.2, -0.15) is 5.10 Å². The van der Waals surface area contributed by atoms with Crippen LogP contribution >= 0.6 is 0 Å². The molecule has 0 spiro atoms. The summed E-state index contributed by atoms with van der Waals surface area (Å²) in [4.78, 5) is 18.1. The lowest BCUT2D eigenvalue weighted by molar-refractivity contribution is -0.131. The van der Waals surface area contributed by atoms with Gasteiger partial charge in [-0.3, -0.25) is 14.5 Å². The topological polar surface area (TPSA) is 60.3 Å². The molecule has 6 heteroatoms. The molecule has 3 heterocycles. The molecule has 0 aromatic carbocycles. The molecule has 0 bridgehead atoms. The molecule has 1 aliphatic carbocycles. The normalized spacial score (nSPS) is 16.6. The molecule has 0 atom stereocenters. The highest BCUT2D eigenvalue weighted by molar-refractivity contribution is 5.76. The van der Waals surface area contributed by atoms with Crippen LogP contribution in [0.15, 0.2) is 24.5 Å². The van der Waals surface area contributed by atoms with Crippen LogP contribution in [-0.2, 0) is 30.9 Å². The van der Waals surface area contributed by atoms with Crippen LogP contribution in [0.4, 0.5) is 0 Å². The highest BCUT2D eigenvalue weighted by atomic mass is 16.5. The molecule has 0 saturated heterocycles. The van der Waals surface area contributed by atoms with Gasteiger partial charge in [-0.15, -0.1) is 0 Å². The number of hydrogen-bond acceptors (Lipinski definition) is 4. The van der Waals surface area contributed by atoms with Crippen LogP contribution in [0, 0.1) is 5.92 Å². The summed E-state index contributed by atoms with van der Waals surface area (Å²) in [6.45, 7) is 4.77. The van der Waals surface area contributed by atoms with E-state index in [-0.39, 0.29) is 5.91 Å². The van der Waals surface area contributed by atoms with Gasteiger partial charge in [0.1, 0.15) is 18.1 Å². The fraction of sp³-hybridized carbons (Fsp3) is 0.526. The van der Waals surface area contributed by atoms with Crippen molar-refractivity contribution in [2.45, 2.75) is 52.3 Å². The van der Waals surface area contributed by atoms with Crippen LogP contribution in [-0.4, -0.2) is 32.1 Å². The lowest BCUT2D eigenvalue weighted by atomic mass is 10.0. The van der Waals surface area contributed by atoms with Crippen molar-refractivity contribution >= 4 is 5.91 Å². The molecular formula is C19H24N4O2. The maximum Gasteiger partial charge on any atom is 0.222 e. The van der Waals surface area contributed by atoms with Crippen molar-refractivity contribution in [3.05, 3.63) is 41.5 Å². The number of carbonyl (C=O) groups excluding carboxylic acids is 1. The summed E-state index contributed by atoms with van der Waals surface area (Å²) in [5, 5.41) is 4.84. The Balaban J connectivity index is 1.56. The maximum absolute atomic E-state index is 12.1. The minimum atomic E-state index is 0.208. The van der Waals surface area contributed by atoms with Crippen molar-refractivity contribution in [2.24, 2.45) is 5.92 Å². The van der Waals surface area contributed by atoms with E-state index in [1.54, 1.807) is 12.4 Å². The summed E-state index contributed by atoms with van der Waals surface area (Å²) in [5.74, 6) is 1.72. The first-order valence-electron chi connectivity index (χ1n) is 9.12. The third kappa shape index (κ3) is 3.52. The number of amides is 1. The first-order valence-corrected chi connectivity index (χ1v) is 9.12. The van der Waals surface area contributed by atoms with Crippen LogP contribution in [0.5, 0.6) is 5.75 Å². The smallest absolute Gasteiger partial charge is 0.222 e. The molecule has 0 radical (unpaired) electrons. The van der Waals surface area contributed by atoms with Crippen LogP contribution in [0.1, 0.15) is 43.1 Å². The first-order chi connectivity index (χ1) is 12.2. The summed E-state index contributed by atoms with van der Waals surface area (Å²) >= 11 is 0. The van der Waals surface area contributed by atoms with E-state index >= 15 is 0 Å². The van der Waals surface area contributed by atoms with Gasteiger partial charge in [0.05, 0.1) is 6.20 Å². The van der Waals surface area contributed by atoms with Crippen LogP contribution in [0.2, 0.25) is 0 Å². The number of aromatic nitrogens is 3. The predicted octanol–water partition coefficient (Wildman–Crippen LogP) is 2.56. The molecule has 0 unspecified atom stereocenters.